The number of nitrogens with zero attached hydrogens (tertiary/aromatic N) is 2. The van der Waals surface area contributed by atoms with Crippen LogP contribution >= 0.6 is 0 Å². The average molecular weight is 238 g/mol. The Morgan fingerprint density at radius 3 is 2.65 bits per heavy atom. The van der Waals surface area contributed by atoms with Crippen LogP contribution in [-0.2, 0) is 4.79 Å². The van der Waals surface area contributed by atoms with E-state index in [1.807, 2.05) is 0 Å². The van der Waals surface area contributed by atoms with Gasteiger partial charge in [-0.25, -0.2) is 4.98 Å². The van der Waals surface area contributed by atoms with Crippen molar-refractivity contribution in [2.45, 2.75) is 26.3 Å². The fourth-order valence-electron chi connectivity index (χ4n) is 1.15. The number of aromatic nitrogens is 1. The molecule has 0 bridgehead atoms. The molecule has 92 valence electrons. The monoisotopic (exact) mass is 238 g/mol. The zero-order chi connectivity index (χ0) is 13.2. The van der Waals surface area contributed by atoms with Gasteiger partial charge in [0.25, 0.3) is 0 Å². The molecule has 0 unspecified atom stereocenters. The lowest BCUT2D eigenvalue weighted by atomic mass is 10.1. The lowest BCUT2D eigenvalue weighted by molar-refractivity contribution is -0.384. The molecule has 3 N–H and O–H groups in total. The van der Waals surface area contributed by atoms with Gasteiger partial charge in [-0.3, -0.25) is 14.9 Å². The number of rotatable bonds is 4. The Hall–Kier alpha value is -2.18. The van der Waals surface area contributed by atoms with E-state index in [-0.39, 0.29) is 11.5 Å². The Morgan fingerprint density at radius 2 is 2.18 bits per heavy atom. The summed E-state index contributed by atoms with van der Waals surface area (Å²) in [5, 5.41) is 13.5. The van der Waals surface area contributed by atoms with Crippen molar-refractivity contribution in [3.05, 3.63) is 27.9 Å². The lowest BCUT2D eigenvalue weighted by Crippen LogP contribution is -2.45. The number of nitro groups is 1. The maximum atomic E-state index is 11.1. The van der Waals surface area contributed by atoms with Crippen LogP contribution in [-0.4, -0.2) is 21.4 Å². The SMILES string of the molecule is Cc1cnc(NC(C)(C)C(N)=O)c([N+](=O)[O-])c1. The van der Waals surface area contributed by atoms with E-state index in [2.05, 4.69) is 10.3 Å². The molecule has 0 radical (unpaired) electrons. The summed E-state index contributed by atoms with van der Waals surface area (Å²) < 4.78 is 0. The van der Waals surface area contributed by atoms with Crippen molar-refractivity contribution in [1.82, 2.24) is 4.98 Å². The molecule has 0 aliphatic heterocycles. The van der Waals surface area contributed by atoms with E-state index in [1.54, 1.807) is 6.92 Å². The van der Waals surface area contributed by atoms with Crippen LogP contribution in [0.1, 0.15) is 19.4 Å². The Bertz CT molecular complexity index is 471. The fraction of sp³-hybridized carbons (Fsp3) is 0.400. The molecule has 1 heterocycles. The molecule has 1 aromatic rings. The molecule has 17 heavy (non-hydrogen) atoms. The van der Waals surface area contributed by atoms with Crippen LogP contribution in [0.15, 0.2) is 12.3 Å². The van der Waals surface area contributed by atoms with Gasteiger partial charge in [-0.05, 0) is 26.3 Å². The molecule has 0 aliphatic carbocycles. The van der Waals surface area contributed by atoms with Crippen molar-refractivity contribution in [3.8, 4) is 0 Å². The molecule has 0 atom stereocenters. The van der Waals surface area contributed by atoms with Crippen LogP contribution in [0.4, 0.5) is 11.5 Å². The minimum absolute atomic E-state index is 0.0319. The minimum atomic E-state index is -1.10. The normalized spacial score (nSPS) is 11.0. The molecule has 1 aromatic heterocycles. The van der Waals surface area contributed by atoms with Crippen molar-refractivity contribution in [2.75, 3.05) is 5.32 Å². The van der Waals surface area contributed by atoms with E-state index in [4.69, 9.17) is 5.73 Å². The Balaban J connectivity index is 3.15. The summed E-state index contributed by atoms with van der Waals surface area (Å²) in [6, 6.07) is 1.38. The number of aryl methyl sites for hydroxylation is 1. The molecule has 1 amide bonds. The number of hydrogen-bond acceptors (Lipinski definition) is 5. The van der Waals surface area contributed by atoms with Gasteiger partial charge in [-0.2, -0.15) is 0 Å². The number of carbonyl (C=O) groups is 1. The fourth-order valence-corrected chi connectivity index (χ4v) is 1.15. The molecule has 7 heteroatoms. The second-order valence-corrected chi connectivity index (χ2v) is 4.25. The van der Waals surface area contributed by atoms with Crippen LogP contribution in [0.25, 0.3) is 0 Å². The Kier molecular flexibility index (Phi) is 3.31. The molecular formula is C10H14N4O3. The number of anilines is 1. The summed E-state index contributed by atoms with van der Waals surface area (Å²) in [5.74, 6) is -0.585. The van der Waals surface area contributed by atoms with Crippen LogP contribution in [0.2, 0.25) is 0 Å². The van der Waals surface area contributed by atoms with E-state index in [0.717, 1.165) is 0 Å². The summed E-state index contributed by atoms with van der Waals surface area (Å²) in [6.07, 6.45) is 1.48. The molecule has 0 spiro atoms. The number of carbonyl (C=O) groups excluding carboxylic acids is 1. The van der Waals surface area contributed by atoms with Gasteiger partial charge in [-0.1, -0.05) is 0 Å². The molecule has 0 saturated heterocycles. The maximum Gasteiger partial charge on any atom is 0.311 e. The zero-order valence-electron chi connectivity index (χ0n) is 9.85. The van der Waals surface area contributed by atoms with Crippen molar-refractivity contribution >= 4 is 17.4 Å². The van der Waals surface area contributed by atoms with Gasteiger partial charge in [0.2, 0.25) is 11.7 Å². The molecule has 7 nitrogen and oxygen atoms in total. The third-order valence-corrected chi connectivity index (χ3v) is 2.25. The smallest absolute Gasteiger partial charge is 0.311 e. The first-order valence-corrected chi connectivity index (χ1v) is 4.93. The first kappa shape index (κ1) is 12.9. The molecular weight excluding hydrogens is 224 g/mol. The third-order valence-electron chi connectivity index (χ3n) is 2.25. The minimum Gasteiger partial charge on any atom is -0.368 e. The van der Waals surface area contributed by atoms with Gasteiger partial charge >= 0.3 is 5.69 Å². The molecule has 0 fully saturated rings. The average Bonchev–Trinajstić information content (AvgIpc) is 2.19. The molecule has 0 aromatic carbocycles. The maximum absolute atomic E-state index is 11.1. The van der Waals surface area contributed by atoms with Gasteiger partial charge in [0.15, 0.2) is 0 Å². The third kappa shape index (κ3) is 2.90. The van der Waals surface area contributed by atoms with Gasteiger partial charge in [0.1, 0.15) is 5.54 Å². The number of primary amides is 1. The number of amides is 1. The van der Waals surface area contributed by atoms with Gasteiger partial charge < -0.3 is 11.1 Å². The van der Waals surface area contributed by atoms with Crippen LogP contribution in [0.5, 0.6) is 0 Å². The predicted octanol–water partition coefficient (Wildman–Crippen LogP) is 0.974. The van der Waals surface area contributed by atoms with Crippen LogP contribution in [0.3, 0.4) is 0 Å². The lowest BCUT2D eigenvalue weighted by Gasteiger charge is -2.22. The summed E-state index contributed by atoms with van der Waals surface area (Å²) in [4.78, 5) is 25.3. The highest BCUT2D eigenvalue weighted by molar-refractivity contribution is 5.87. The van der Waals surface area contributed by atoms with Gasteiger partial charge in [0.05, 0.1) is 4.92 Å². The number of nitrogens with one attached hydrogen (secondary N) is 1. The van der Waals surface area contributed by atoms with E-state index >= 15 is 0 Å². The number of hydrogen-bond donors (Lipinski definition) is 2. The van der Waals surface area contributed by atoms with Crippen LogP contribution in [0, 0.1) is 17.0 Å². The Labute approximate surface area is 98.2 Å². The molecule has 1 rings (SSSR count). The van der Waals surface area contributed by atoms with Crippen LogP contribution < -0.4 is 11.1 Å². The van der Waals surface area contributed by atoms with Gasteiger partial charge in [0, 0.05) is 12.3 Å². The number of pyridine rings is 1. The molecule has 0 saturated carbocycles. The molecule has 0 aliphatic rings. The highest BCUT2D eigenvalue weighted by atomic mass is 16.6. The predicted molar refractivity (Wildman–Crippen MR) is 62.5 cm³/mol. The largest absolute Gasteiger partial charge is 0.368 e. The van der Waals surface area contributed by atoms with Crippen molar-refractivity contribution in [3.63, 3.8) is 0 Å². The highest BCUT2D eigenvalue weighted by Crippen LogP contribution is 2.25. The zero-order valence-corrected chi connectivity index (χ0v) is 9.85. The van der Waals surface area contributed by atoms with Crippen molar-refractivity contribution in [2.24, 2.45) is 5.73 Å². The second kappa shape index (κ2) is 4.36. The highest BCUT2D eigenvalue weighted by Gasteiger charge is 2.28. The first-order valence-electron chi connectivity index (χ1n) is 4.93. The Morgan fingerprint density at radius 1 is 1.59 bits per heavy atom. The topological polar surface area (TPSA) is 111 Å². The quantitative estimate of drug-likeness (QED) is 0.599. The van der Waals surface area contributed by atoms with E-state index in [1.165, 1.54) is 26.1 Å². The van der Waals surface area contributed by atoms with E-state index in [9.17, 15) is 14.9 Å². The van der Waals surface area contributed by atoms with E-state index < -0.39 is 16.4 Å². The van der Waals surface area contributed by atoms with Gasteiger partial charge in [-0.15, -0.1) is 0 Å². The number of nitrogens with two attached hydrogens (primary N) is 1. The summed E-state index contributed by atoms with van der Waals surface area (Å²) in [7, 11) is 0. The van der Waals surface area contributed by atoms with Crippen molar-refractivity contribution in [1.29, 1.82) is 0 Å². The van der Waals surface area contributed by atoms with E-state index in [0.29, 0.717) is 5.56 Å². The summed E-state index contributed by atoms with van der Waals surface area (Å²) >= 11 is 0. The van der Waals surface area contributed by atoms with Crippen molar-refractivity contribution < 1.29 is 9.72 Å². The first-order chi connectivity index (χ1) is 7.74. The standard InChI is InChI=1S/C10H14N4O3/c1-6-4-7(14(16)17)8(12-5-6)13-10(2,3)9(11)15/h4-5H,1-3H3,(H2,11,15)(H,12,13). The second-order valence-electron chi connectivity index (χ2n) is 4.25. The summed E-state index contributed by atoms with van der Waals surface area (Å²) in [6.45, 7) is 4.75. The summed E-state index contributed by atoms with van der Waals surface area (Å²) in [5.41, 5.74) is 4.56.